The molecule has 5 aromatic carbocycles. The first-order chi connectivity index (χ1) is 18.8. The zero-order chi connectivity index (χ0) is 27.7. The molecule has 0 radical (unpaired) electrons. The van der Waals surface area contributed by atoms with Gasteiger partial charge in [0.25, 0.3) is 0 Å². The van der Waals surface area contributed by atoms with Crippen LogP contribution < -0.4 is 44.6 Å². The first kappa shape index (κ1) is 28.1. The van der Waals surface area contributed by atoms with Gasteiger partial charge in [-0.25, -0.2) is 18.6 Å². The molecule has 196 valence electrons. The molecule has 0 aliphatic heterocycles. The molecule has 39 heavy (non-hydrogen) atoms. The molecule has 0 heterocycles. The molecule has 0 bridgehead atoms. The topological polar surface area (TPSA) is 119 Å². The predicted octanol–water partition coefficient (Wildman–Crippen LogP) is 1.15. The summed E-state index contributed by atoms with van der Waals surface area (Å²) >= 11 is 0. The maximum absolute atomic E-state index is 11.0. The third kappa shape index (κ3) is 7.16. The van der Waals surface area contributed by atoms with Crippen LogP contribution in [0.3, 0.4) is 0 Å². The van der Waals surface area contributed by atoms with Gasteiger partial charge in [0, 0.05) is 11.6 Å². The minimum atomic E-state index is -4.94. The Balaban J connectivity index is 0.000000648. The van der Waals surface area contributed by atoms with E-state index in [1.165, 1.54) is 21.2 Å². The Hall–Kier alpha value is -3.87. The fraction of sp³-hybridized carbons (Fsp3) is 0. The molecule has 0 aliphatic rings. The van der Waals surface area contributed by atoms with E-state index < -0.39 is 17.5 Å². The number of hydrogen-bond donors (Lipinski definition) is 0. The fourth-order valence-corrected chi connectivity index (χ4v) is 8.63. The van der Waals surface area contributed by atoms with E-state index in [-0.39, 0.29) is 0 Å². The van der Waals surface area contributed by atoms with E-state index in [0.717, 1.165) is 12.0 Å². The van der Waals surface area contributed by atoms with Crippen LogP contribution in [0.5, 0.6) is 11.5 Å². The number of rotatable bonds is 7. The normalized spacial score (nSPS) is 11.2. The predicted molar refractivity (Wildman–Crippen MR) is 143 cm³/mol. The van der Waals surface area contributed by atoms with Crippen molar-refractivity contribution in [3.63, 3.8) is 0 Å². The van der Waals surface area contributed by atoms with Gasteiger partial charge in [-0.2, -0.15) is 0 Å². The molecule has 0 aliphatic carbocycles. The van der Waals surface area contributed by atoms with E-state index in [1.54, 1.807) is 12.1 Å². The maximum atomic E-state index is 11.0. The molecule has 0 N–H and O–H groups in total. The monoisotopic (exact) mass is 558 g/mol. The van der Waals surface area contributed by atoms with Crippen molar-refractivity contribution in [1.29, 1.82) is 0 Å². The first-order valence-electron chi connectivity index (χ1n) is 11.8. The molecule has 6 nitrogen and oxygen atoms in total. The Morgan fingerprint density at radius 2 is 0.923 bits per heavy atom. The van der Waals surface area contributed by atoms with Gasteiger partial charge in [-0.15, -0.1) is 10.2 Å². The zero-order valence-electron chi connectivity index (χ0n) is 20.6. The van der Waals surface area contributed by atoms with Gasteiger partial charge in [0.05, 0.1) is 0 Å². The minimum Gasteiger partial charge on any atom is -0.457 e. The number of carbonyl (C=O) groups excluding carboxylic acids is 1. The summed E-state index contributed by atoms with van der Waals surface area (Å²) in [6, 6.07) is 47.9. The van der Waals surface area contributed by atoms with Crippen LogP contribution in [0.1, 0.15) is 10.4 Å². The Morgan fingerprint density at radius 3 is 1.33 bits per heavy atom. The Bertz CT molecular complexity index is 1370. The van der Waals surface area contributed by atoms with Crippen LogP contribution in [0.2, 0.25) is 0 Å². The summed E-state index contributed by atoms with van der Waals surface area (Å²) in [5.41, 5.74) is 0.628. The van der Waals surface area contributed by atoms with Crippen molar-refractivity contribution in [3.05, 3.63) is 145 Å². The Labute approximate surface area is 229 Å². The van der Waals surface area contributed by atoms with Crippen molar-refractivity contribution in [3.8, 4) is 11.5 Å². The molecule has 5 aromatic rings. The number of ether oxygens (including phenoxy) is 1. The minimum absolute atomic E-state index is 0.628. The van der Waals surface area contributed by atoms with Crippen LogP contribution in [-0.2, 0) is 0 Å². The molecule has 0 aromatic heterocycles. The summed E-state index contributed by atoms with van der Waals surface area (Å²) in [6.07, 6.45) is 0.836. The summed E-state index contributed by atoms with van der Waals surface area (Å²) in [5, 5.41) is 5.10. The van der Waals surface area contributed by atoms with Gasteiger partial charge in [-0.1, -0.05) is 60.7 Å². The molecule has 0 saturated heterocycles. The molecule has 0 atom stereocenters. The van der Waals surface area contributed by atoms with Crippen LogP contribution in [-0.4, -0.2) is 6.29 Å². The largest absolute Gasteiger partial charge is 0.457 e. The SMILES string of the molecule is O=Cc1ccc(Oc2cccc([P+](c3ccccc3)(c3ccccc3)c3ccccc3)c2)cc1.[O-][Cl+3]([O-])([O-])[O-]. The van der Waals surface area contributed by atoms with Crippen molar-refractivity contribution >= 4 is 34.8 Å². The number of halogens is 1. The molecule has 0 spiro atoms. The van der Waals surface area contributed by atoms with Gasteiger partial charge in [0.1, 0.15) is 46.3 Å². The number of hydrogen-bond acceptors (Lipinski definition) is 6. The van der Waals surface area contributed by atoms with E-state index >= 15 is 0 Å². The summed E-state index contributed by atoms with van der Waals surface area (Å²) < 4.78 is 40.2. The average Bonchev–Trinajstić information content (AvgIpc) is 2.95. The highest BCUT2D eigenvalue weighted by molar-refractivity contribution is 8.01. The highest BCUT2D eigenvalue weighted by atomic mass is 35.7. The van der Waals surface area contributed by atoms with Gasteiger partial charge in [-0.05, 0) is 72.8 Å². The molecule has 0 saturated carbocycles. The summed E-state index contributed by atoms with van der Waals surface area (Å²) in [6.45, 7) is 0. The van der Waals surface area contributed by atoms with Crippen LogP contribution in [0.25, 0.3) is 0 Å². The smallest absolute Gasteiger partial charge is 0.150 e. The van der Waals surface area contributed by atoms with Crippen molar-refractivity contribution in [2.75, 3.05) is 0 Å². The van der Waals surface area contributed by atoms with Crippen LogP contribution in [0, 0.1) is 10.2 Å². The van der Waals surface area contributed by atoms with Crippen molar-refractivity contribution < 1.29 is 38.4 Å². The average molecular weight is 559 g/mol. The lowest BCUT2D eigenvalue weighted by Gasteiger charge is -2.27. The van der Waals surface area contributed by atoms with E-state index in [0.29, 0.717) is 11.3 Å². The second-order valence-corrected chi connectivity index (χ2v) is 12.5. The van der Waals surface area contributed by atoms with Crippen LogP contribution in [0.4, 0.5) is 0 Å². The number of carbonyl (C=O) groups is 1. The lowest BCUT2D eigenvalue weighted by molar-refractivity contribution is -2.00. The zero-order valence-corrected chi connectivity index (χ0v) is 22.3. The third-order valence-electron chi connectivity index (χ3n) is 5.89. The maximum Gasteiger partial charge on any atom is 0.150 e. The van der Waals surface area contributed by atoms with E-state index in [4.69, 9.17) is 23.4 Å². The third-order valence-corrected chi connectivity index (χ3v) is 10.2. The fourth-order valence-electron chi connectivity index (χ4n) is 4.36. The standard InChI is InChI=1S/C31H24O2P.ClHO4/c32-24-25-19-21-26(22-20-25)33-27-11-10-18-31(23-27)34(28-12-4-1-5-13-28,29-14-6-2-7-15-29)30-16-8-3-9-17-30;2-1(3,4)5/h1-24H;(H,2,3,4,5)/q+1;/p-1. The summed E-state index contributed by atoms with van der Waals surface area (Å²) in [5.74, 6) is 1.47. The molecular formula is C31H24ClO6P. The number of aldehydes is 1. The van der Waals surface area contributed by atoms with Crippen molar-refractivity contribution in [2.45, 2.75) is 0 Å². The lowest BCUT2D eigenvalue weighted by atomic mass is 10.2. The number of benzene rings is 5. The molecule has 8 heteroatoms. The second-order valence-electron chi connectivity index (χ2n) is 8.34. The molecular weight excluding hydrogens is 535 g/mol. The van der Waals surface area contributed by atoms with E-state index in [1.807, 2.05) is 18.2 Å². The summed E-state index contributed by atoms with van der Waals surface area (Å²) in [4.78, 5) is 11.0. The van der Waals surface area contributed by atoms with Crippen molar-refractivity contribution in [1.82, 2.24) is 0 Å². The van der Waals surface area contributed by atoms with Gasteiger partial charge in [0.2, 0.25) is 0 Å². The highest BCUT2D eigenvalue weighted by Crippen LogP contribution is 2.54. The molecule has 0 amide bonds. The highest BCUT2D eigenvalue weighted by Gasteiger charge is 2.47. The van der Waals surface area contributed by atoms with Crippen LogP contribution in [0.15, 0.2) is 140 Å². The van der Waals surface area contributed by atoms with E-state index in [2.05, 4.69) is 109 Å². The van der Waals surface area contributed by atoms with Gasteiger partial charge >= 0.3 is 0 Å². The second kappa shape index (κ2) is 12.8. The molecule has 0 unspecified atom stereocenters. The van der Waals surface area contributed by atoms with Gasteiger partial charge in [0.15, 0.2) is 0 Å². The quantitative estimate of drug-likeness (QED) is 0.218. The van der Waals surface area contributed by atoms with Crippen LogP contribution >= 0.6 is 7.26 Å². The van der Waals surface area contributed by atoms with Gasteiger partial charge < -0.3 is 4.74 Å². The van der Waals surface area contributed by atoms with Crippen molar-refractivity contribution in [2.24, 2.45) is 0 Å². The Kier molecular flexibility index (Phi) is 9.23. The Morgan fingerprint density at radius 1 is 0.513 bits per heavy atom. The molecule has 0 fully saturated rings. The molecule has 5 rings (SSSR count). The van der Waals surface area contributed by atoms with E-state index in [9.17, 15) is 4.79 Å². The van der Waals surface area contributed by atoms with Gasteiger partial charge in [-0.3, -0.25) is 4.79 Å². The summed E-state index contributed by atoms with van der Waals surface area (Å²) in [7, 11) is -7.12. The first-order valence-corrected chi connectivity index (χ1v) is 14.8. The lowest BCUT2D eigenvalue weighted by Crippen LogP contribution is -2.68.